The van der Waals surface area contributed by atoms with Crippen LogP contribution in [-0.2, 0) is 10.2 Å². The van der Waals surface area contributed by atoms with E-state index in [0.29, 0.717) is 5.92 Å². The molecule has 4 heteroatoms. The van der Waals surface area contributed by atoms with Crippen molar-refractivity contribution in [2.24, 2.45) is 11.8 Å². The molecule has 0 saturated heterocycles. The highest BCUT2D eigenvalue weighted by atomic mass is 32.2. The van der Waals surface area contributed by atoms with Crippen molar-refractivity contribution in [1.29, 1.82) is 5.26 Å². The second-order valence-corrected chi connectivity index (χ2v) is 8.71. The number of hydrogen-bond acceptors (Lipinski definition) is 3. The molecule has 0 spiro atoms. The molecule has 0 aromatic heterocycles. The minimum absolute atomic E-state index is 0.0601. The smallest absolute Gasteiger partial charge is 0.224 e. The number of benzene rings is 1. The summed E-state index contributed by atoms with van der Waals surface area (Å²) < 4.78 is 0. The molecule has 0 aliphatic heterocycles. The second kappa shape index (κ2) is 8.58. The average Bonchev–Trinajstić information content (AvgIpc) is 2.57. The molecule has 0 heterocycles. The van der Waals surface area contributed by atoms with Crippen molar-refractivity contribution < 1.29 is 4.79 Å². The Balaban J connectivity index is 1.93. The molecule has 1 amide bonds. The molecule has 1 N–H and O–H groups in total. The SMILES string of the molecule is CC(C)(C)c1ccc(SCC2CCCCC2C(=O)NCC#N)cc1. The van der Waals surface area contributed by atoms with Crippen molar-refractivity contribution in [2.75, 3.05) is 12.3 Å². The highest BCUT2D eigenvalue weighted by molar-refractivity contribution is 7.99. The molecular weight excluding hydrogens is 316 g/mol. The number of carbonyl (C=O) groups is 1. The van der Waals surface area contributed by atoms with Crippen molar-refractivity contribution in [2.45, 2.75) is 56.8 Å². The van der Waals surface area contributed by atoms with Crippen LogP contribution < -0.4 is 5.32 Å². The van der Waals surface area contributed by atoms with Gasteiger partial charge in [-0.05, 0) is 41.9 Å². The van der Waals surface area contributed by atoms with E-state index in [0.717, 1.165) is 25.0 Å². The number of carbonyl (C=O) groups excluding carboxylic acids is 1. The van der Waals surface area contributed by atoms with Gasteiger partial charge >= 0.3 is 0 Å². The first kappa shape index (κ1) is 18.9. The van der Waals surface area contributed by atoms with Crippen LogP contribution in [0.3, 0.4) is 0 Å². The highest BCUT2D eigenvalue weighted by Gasteiger charge is 2.30. The molecule has 0 bridgehead atoms. The molecule has 1 aliphatic rings. The first-order valence-corrected chi connectivity index (χ1v) is 9.78. The minimum atomic E-state index is 0.0601. The van der Waals surface area contributed by atoms with Crippen LogP contribution in [-0.4, -0.2) is 18.2 Å². The summed E-state index contributed by atoms with van der Waals surface area (Å²) in [7, 11) is 0. The number of amides is 1. The third kappa shape index (κ3) is 5.27. The molecule has 1 aromatic rings. The van der Waals surface area contributed by atoms with E-state index in [1.807, 2.05) is 17.8 Å². The summed E-state index contributed by atoms with van der Waals surface area (Å²) in [4.78, 5) is 13.5. The first-order chi connectivity index (χ1) is 11.4. The summed E-state index contributed by atoms with van der Waals surface area (Å²) in [6.45, 7) is 6.79. The van der Waals surface area contributed by atoms with Crippen molar-refractivity contribution in [3.8, 4) is 6.07 Å². The van der Waals surface area contributed by atoms with Gasteiger partial charge in [0, 0.05) is 16.6 Å². The van der Waals surface area contributed by atoms with Crippen LogP contribution in [0.15, 0.2) is 29.2 Å². The molecule has 1 fully saturated rings. The fraction of sp³-hybridized carbons (Fsp3) is 0.600. The lowest BCUT2D eigenvalue weighted by molar-refractivity contribution is -0.127. The Hall–Kier alpha value is -1.47. The van der Waals surface area contributed by atoms with Gasteiger partial charge in [-0.15, -0.1) is 11.8 Å². The molecule has 1 aromatic carbocycles. The van der Waals surface area contributed by atoms with Gasteiger partial charge < -0.3 is 5.32 Å². The van der Waals surface area contributed by atoms with Crippen LogP contribution in [0.25, 0.3) is 0 Å². The summed E-state index contributed by atoms with van der Waals surface area (Å²) in [5, 5.41) is 11.4. The lowest BCUT2D eigenvalue weighted by atomic mass is 9.80. The molecule has 130 valence electrons. The van der Waals surface area contributed by atoms with Gasteiger partial charge in [-0.3, -0.25) is 4.79 Å². The Bertz CT molecular complexity index is 583. The summed E-state index contributed by atoms with van der Waals surface area (Å²) in [5.74, 6) is 1.50. The van der Waals surface area contributed by atoms with Crippen molar-refractivity contribution in [3.63, 3.8) is 0 Å². The Morgan fingerprint density at radius 3 is 2.54 bits per heavy atom. The van der Waals surface area contributed by atoms with Gasteiger partial charge in [0.25, 0.3) is 0 Å². The third-order valence-corrected chi connectivity index (χ3v) is 5.97. The summed E-state index contributed by atoms with van der Waals surface area (Å²) in [6, 6.07) is 10.8. The van der Waals surface area contributed by atoms with Crippen LogP contribution in [0.2, 0.25) is 0 Å². The maximum absolute atomic E-state index is 12.3. The number of nitriles is 1. The Morgan fingerprint density at radius 2 is 1.92 bits per heavy atom. The van der Waals surface area contributed by atoms with E-state index in [2.05, 4.69) is 50.4 Å². The molecular formula is C20H28N2OS. The molecule has 24 heavy (non-hydrogen) atoms. The van der Waals surface area contributed by atoms with Gasteiger partial charge in [0.2, 0.25) is 5.91 Å². The van der Waals surface area contributed by atoms with Crippen LogP contribution >= 0.6 is 11.8 Å². The summed E-state index contributed by atoms with van der Waals surface area (Å²) in [6.07, 6.45) is 4.38. The molecule has 2 rings (SSSR count). The maximum atomic E-state index is 12.3. The number of rotatable bonds is 5. The molecule has 2 unspecified atom stereocenters. The molecule has 0 radical (unpaired) electrons. The summed E-state index contributed by atoms with van der Waals surface area (Å²) >= 11 is 1.85. The monoisotopic (exact) mass is 344 g/mol. The van der Waals surface area contributed by atoms with Gasteiger partial charge in [-0.25, -0.2) is 0 Å². The van der Waals surface area contributed by atoms with Crippen molar-refractivity contribution in [3.05, 3.63) is 29.8 Å². The lowest BCUT2D eigenvalue weighted by Crippen LogP contribution is -2.37. The van der Waals surface area contributed by atoms with Crippen LogP contribution in [0.1, 0.15) is 52.0 Å². The van der Waals surface area contributed by atoms with E-state index in [1.165, 1.54) is 16.9 Å². The lowest BCUT2D eigenvalue weighted by Gasteiger charge is -2.30. The fourth-order valence-electron chi connectivity index (χ4n) is 3.26. The van der Waals surface area contributed by atoms with Gasteiger partial charge in [0.05, 0.1) is 6.07 Å². The van der Waals surface area contributed by atoms with Gasteiger partial charge in [-0.1, -0.05) is 45.7 Å². The Morgan fingerprint density at radius 1 is 1.25 bits per heavy atom. The average molecular weight is 345 g/mol. The van der Waals surface area contributed by atoms with Crippen LogP contribution in [0, 0.1) is 23.2 Å². The van der Waals surface area contributed by atoms with E-state index in [4.69, 9.17) is 5.26 Å². The second-order valence-electron chi connectivity index (χ2n) is 7.61. The minimum Gasteiger partial charge on any atom is -0.343 e. The zero-order valence-corrected chi connectivity index (χ0v) is 15.8. The van der Waals surface area contributed by atoms with Gasteiger partial charge in [0.1, 0.15) is 6.54 Å². The highest BCUT2D eigenvalue weighted by Crippen LogP contribution is 2.35. The Kier molecular flexibility index (Phi) is 6.74. The standard InChI is InChI=1S/C20H28N2OS/c1-20(2,3)16-8-10-17(11-9-16)24-14-15-6-4-5-7-18(15)19(23)22-13-12-21/h8-11,15,18H,4-7,13-14H2,1-3H3,(H,22,23). The topological polar surface area (TPSA) is 52.9 Å². The fourth-order valence-corrected chi connectivity index (χ4v) is 4.40. The zero-order valence-electron chi connectivity index (χ0n) is 15.0. The van der Waals surface area contributed by atoms with E-state index < -0.39 is 0 Å². The first-order valence-electron chi connectivity index (χ1n) is 8.80. The molecule has 1 aliphatic carbocycles. The number of nitrogens with one attached hydrogen (secondary N) is 1. The van der Waals surface area contributed by atoms with Crippen LogP contribution in [0.5, 0.6) is 0 Å². The quantitative estimate of drug-likeness (QED) is 0.631. The van der Waals surface area contributed by atoms with E-state index in [1.54, 1.807) is 0 Å². The normalized spacial score (nSPS) is 21.1. The largest absolute Gasteiger partial charge is 0.343 e. The predicted octanol–water partition coefficient (Wildman–Crippen LogP) is 4.52. The molecule has 1 saturated carbocycles. The zero-order chi connectivity index (χ0) is 17.6. The van der Waals surface area contributed by atoms with E-state index in [-0.39, 0.29) is 23.8 Å². The molecule has 2 atom stereocenters. The van der Waals surface area contributed by atoms with Gasteiger partial charge in [0.15, 0.2) is 0 Å². The number of hydrogen-bond donors (Lipinski definition) is 1. The van der Waals surface area contributed by atoms with Crippen molar-refractivity contribution >= 4 is 17.7 Å². The van der Waals surface area contributed by atoms with Crippen molar-refractivity contribution in [1.82, 2.24) is 5.32 Å². The van der Waals surface area contributed by atoms with Crippen LogP contribution in [0.4, 0.5) is 0 Å². The van der Waals surface area contributed by atoms with E-state index >= 15 is 0 Å². The maximum Gasteiger partial charge on any atom is 0.224 e. The van der Waals surface area contributed by atoms with Gasteiger partial charge in [-0.2, -0.15) is 5.26 Å². The van der Waals surface area contributed by atoms with E-state index in [9.17, 15) is 4.79 Å². The predicted molar refractivity (Wildman–Crippen MR) is 99.9 cm³/mol. The molecule has 3 nitrogen and oxygen atoms in total. The number of nitrogens with zero attached hydrogens (tertiary/aromatic N) is 1. The third-order valence-electron chi connectivity index (χ3n) is 4.77. The number of thioether (sulfide) groups is 1. The Labute approximate surface area is 150 Å². The summed E-state index contributed by atoms with van der Waals surface area (Å²) in [5.41, 5.74) is 1.52.